The van der Waals surface area contributed by atoms with Crippen LogP contribution >= 0.6 is 0 Å². The lowest BCUT2D eigenvalue weighted by Crippen LogP contribution is -2.52. The second kappa shape index (κ2) is 8.19. The van der Waals surface area contributed by atoms with E-state index in [9.17, 15) is 14.4 Å². The molecule has 6 nitrogen and oxygen atoms in total. The number of rotatable bonds is 7. The fourth-order valence-corrected chi connectivity index (χ4v) is 2.67. The van der Waals surface area contributed by atoms with Gasteiger partial charge in [-0.05, 0) is 18.1 Å². The van der Waals surface area contributed by atoms with Gasteiger partial charge in [-0.2, -0.15) is 0 Å². The molecule has 0 saturated heterocycles. The highest BCUT2D eigenvalue weighted by atomic mass is 16.2. The van der Waals surface area contributed by atoms with Crippen molar-refractivity contribution in [3.8, 4) is 0 Å². The normalized spacial score (nSPS) is 11.8. The molecule has 0 spiro atoms. The Bertz CT molecular complexity index is 745. The summed E-state index contributed by atoms with van der Waals surface area (Å²) >= 11 is 0. The van der Waals surface area contributed by atoms with Crippen molar-refractivity contribution in [1.82, 2.24) is 9.88 Å². The minimum absolute atomic E-state index is 0.225. The molecule has 0 aliphatic heterocycles. The number of carbonyl (C=O) groups is 3. The zero-order chi connectivity index (χ0) is 18.4. The van der Waals surface area contributed by atoms with Gasteiger partial charge in [0, 0.05) is 23.5 Å². The summed E-state index contributed by atoms with van der Waals surface area (Å²) in [5, 5.41) is 0. The van der Waals surface area contributed by atoms with Gasteiger partial charge in [0.2, 0.25) is 5.91 Å². The molecule has 0 radical (unpaired) electrons. The van der Waals surface area contributed by atoms with Gasteiger partial charge >= 0.3 is 0 Å². The highest BCUT2D eigenvalue weighted by molar-refractivity contribution is 6.03. The monoisotopic (exact) mass is 339 g/mol. The molecule has 0 bridgehead atoms. The van der Waals surface area contributed by atoms with Crippen molar-refractivity contribution in [1.29, 1.82) is 0 Å². The largest absolute Gasteiger partial charge is 0.368 e. The molecule has 0 aliphatic carbocycles. The highest BCUT2D eigenvalue weighted by Gasteiger charge is 2.33. The third-order valence-electron chi connectivity index (χ3n) is 3.86. The second-order valence-corrected chi connectivity index (χ2v) is 6.05. The van der Waals surface area contributed by atoms with E-state index in [1.54, 1.807) is 56.3 Å². The highest BCUT2D eigenvalue weighted by Crippen LogP contribution is 2.16. The number of hydrogen-bond acceptors (Lipinski definition) is 4. The third-order valence-corrected chi connectivity index (χ3v) is 3.86. The quantitative estimate of drug-likeness (QED) is 0.780. The van der Waals surface area contributed by atoms with Crippen LogP contribution in [-0.4, -0.2) is 40.1 Å². The van der Waals surface area contributed by atoms with E-state index < -0.39 is 17.9 Å². The molecule has 1 aromatic heterocycles. The lowest BCUT2D eigenvalue weighted by Gasteiger charge is -2.31. The van der Waals surface area contributed by atoms with Crippen LogP contribution in [0.2, 0.25) is 0 Å². The van der Waals surface area contributed by atoms with Gasteiger partial charge in [0.15, 0.2) is 5.78 Å². The number of nitrogens with two attached hydrogens (primary N) is 1. The van der Waals surface area contributed by atoms with Crippen molar-refractivity contribution < 1.29 is 14.4 Å². The number of benzene rings is 1. The molecule has 6 heteroatoms. The SMILES string of the molecule is CC(C)[C@H](C(N)=O)N(CC(=O)c1ccccc1)C(=O)c1ccncc1. The average molecular weight is 339 g/mol. The number of amides is 2. The number of primary amides is 1. The molecule has 0 fully saturated rings. The van der Waals surface area contributed by atoms with Crippen LogP contribution in [0.3, 0.4) is 0 Å². The minimum atomic E-state index is -0.881. The molecule has 0 unspecified atom stereocenters. The summed E-state index contributed by atoms with van der Waals surface area (Å²) in [6.07, 6.45) is 2.97. The Hall–Kier alpha value is -3.02. The van der Waals surface area contributed by atoms with Crippen LogP contribution in [0, 0.1) is 5.92 Å². The van der Waals surface area contributed by atoms with Crippen molar-refractivity contribution >= 4 is 17.6 Å². The number of hydrogen-bond donors (Lipinski definition) is 1. The number of Topliss-reactive ketones (excluding diaryl/α,β-unsaturated/α-hetero) is 1. The molecule has 130 valence electrons. The molecule has 1 heterocycles. The third kappa shape index (κ3) is 4.50. The first-order valence-corrected chi connectivity index (χ1v) is 8.00. The van der Waals surface area contributed by atoms with Gasteiger partial charge in [-0.15, -0.1) is 0 Å². The average Bonchev–Trinajstić information content (AvgIpc) is 2.61. The predicted octanol–water partition coefficient (Wildman–Crippen LogP) is 1.92. The molecule has 0 saturated carbocycles. The number of aromatic nitrogens is 1. The van der Waals surface area contributed by atoms with E-state index in [0.717, 1.165) is 0 Å². The molecular weight excluding hydrogens is 318 g/mol. The molecule has 0 aliphatic rings. The van der Waals surface area contributed by atoms with Crippen molar-refractivity contribution in [2.45, 2.75) is 19.9 Å². The molecule has 25 heavy (non-hydrogen) atoms. The molecule has 1 atom stereocenters. The van der Waals surface area contributed by atoms with Crippen molar-refractivity contribution in [2.24, 2.45) is 11.7 Å². The van der Waals surface area contributed by atoms with Crippen molar-refractivity contribution in [2.75, 3.05) is 6.54 Å². The Morgan fingerprint density at radius 3 is 2.12 bits per heavy atom. The summed E-state index contributed by atoms with van der Waals surface area (Å²) in [7, 11) is 0. The Morgan fingerprint density at radius 1 is 1.00 bits per heavy atom. The zero-order valence-electron chi connectivity index (χ0n) is 14.3. The Kier molecular flexibility index (Phi) is 6.00. The second-order valence-electron chi connectivity index (χ2n) is 6.05. The molecule has 2 aromatic rings. The van der Waals surface area contributed by atoms with Crippen molar-refractivity contribution in [3.63, 3.8) is 0 Å². The van der Waals surface area contributed by atoms with Crippen molar-refractivity contribution in [3.05, 3.63) is 66.0 Å². The first kappa shape index (κ1) is 18.3. The van der Waals surface area contributed by atoms with Crippen LogP contribution in [-0.2, 0) is 4.79 Å². The topological polar surface area (TPSA) is 93.4 Å². The Morgan fingerprint density at radius 2 is 1.60 bits per heavy atom. The number of carbonyl (C=O) groups excluding carboxylic acids is 3. The van der Waals surface area contributed by atoms with Crippen LogP contribution in [0.1, 0.15) is 34.6 Å². The lowest BCUT2D eigenvalue weighted by molar-refractivity contribution is -0.123. The van der Waals surface area contributed by atoms with Gasteiger partial charge < -0.3 is 10.6 Å². The Balaban J connectivity index is 2.36. The number of pyridine rings is 1. The van der Waals surface area contributed by atoms with E-state index in [1.807, 2.05) is 0 Å². The first-order valence-electron chi connectivity index (χ1n) is 8.00. The summed E-state index contributed by atoms with van der Waals surface area (Å²) in [6, 6.07) is 10.8. The maximum atomic E-state index is 12.9. The van der Waals surface area contributed by atoms with Crippen LogP contribution in [0.25, 0.3) is 0 Å². The van der Waals surface area contributed by atoms with E-state index in [0.29, 0.717) is 11.1 Å². The summed E-state index contributed by atoms with van der Waals surface area (Å²) in [4.78, 5) is 42.6. The summed E-state index contributed by atoms with van der Waals surface area (Å²) in [5.41, 5.74) is 6.34. The van der Waals surface area contributed by atoms with Crippen LogP contribution in [0.5, 0.6) is 0 Å². The summed E-state index contributed by atoms with van der Waals surface area (Å²) in [5.74, 6) is -1.55. The van der Waals surface area contributed by atoms with Crippen LogP contribution in [0.15, 0.2) is 54.9 Å². The smallest absolute Gasteiger partial charge is 0.255 e. The molecule has 1 aromatic carbocycles. The van der Waals surface area contributed by atoms with E-state index in [-0.39, 0.29) is 18.2 Å². The van der Waals surface area contributed by atoms with E-state index in [1.165, 1.54) is 17.3 Å². The van der Waals surface area contributed by atoms with Gasteiger partial charge in [0.25, 0.3) is 5.91 Å². The predicted molar refractivity (Wildman–Crippen MR) is 93.9 cm³/mol. The van der Waals surface area contributed by atoms with Crippen LogP contribution in [0.4, 0.5) is 0 Å². The molecule has 2 rings (SSSR count). The van der Waals surface area contributed by atoms with E-state index >= 15 is 0 Å². The maximum Gasteiger partial charge on any atom is 0.255 e. The van der Waals surface area contributed by atoms with Gasteiger partial charge in [-0.3, -0.25) is 19.4 Å². The lowest BCUT2D eigenvalue weighted by atomic mass is 9.99. The summed E-state index contributed by atoms with van der Waals surface area (Å²) in [6.45, 7) is 3.35. The van der Waals surface area contributed by atoms with Gasteiger partial charge in [-0.25, -0.2) is 0 Å². The standard InChI is InChI=1S/C19H21N3O3/c1-13(2)17(18(20)24)22(19(25)15-8-10-21-11-9-15)12-16(23)14-6-4-3-5-7-14/h3-11,13,17H,12H2,1-2H3,(H2,20,24)/t17-/m1/s1. The van der Waals surface area contributed by atoms with Gasteiger partial charge in [-0.1, -0.05) is 44.2 Å². The fourth-order valence-electron chi connectivity index (χ4n) is 2.67. The Labute approximate surface area is 146 Å². The van der Waals surface area contributed by atoms with Gasteiger partial charge in [0.1, 0.15) is 6.04 Å². The summed E-state index contributed by atoms with van der Waals surface area (Å²) < 4.78 is 0. The first-order chi connectivity index (χ1) is 11.9. The number of nitrogens with zero attached hydrogens (tertiary/aromatic N) is 2. The van der Waals surface area contributed by atoms with Crippen LogP contribution < -0.4 is 5.73 Å². The van der Waals surface area contributed by atoms with Gasteiger partial charge in [0.05, 0.1) is 6.54 Å². The fraction of sp³-hybridized carbons (Fsp3) is 0.263. The number of ketones is 1. The molecule has 2 amide bonds. The maximum absolute atomic E-state index is 12.9. The van der Waals surface area contributed by atoms with E-state index in [2.05, 4.69) is 4.98 Å². The van der Waals surface area contributed by atoms with E-state index in [4.69, 9.17) is 5.73 Å². The molecule has 2 N–H and O–H groups in total. The minimum Gasteiger partial charge on any atom is -0.368 e. The molecular formula is C19H21N3O3. The zero-order valence-corrected chi connectivity index (χ0v) is 14.3.